The minimum absolute atomic E-state index is 0.140. The van der Waals surface area contributed by atoms with Crippen LogP contribution < -0.4 is 10.1 Å². The third-order valence-corrected chi connectivity index (χ3v) is 3.67. The van der Waals surface area contributed by atoms with Crippen LogP contribution in [0, 0.1) is 13.8 Å². The van der Waals surface area contributed by atoms with Crippen LogP contribution in [0.3, 0.4) is 0 Å². The molecule has 0 heterocycles. The van der Waals surface area contributed by atoms with Gasteiger partial charge in [-0.25, -0.2) is 0 Å². The molecule has 0 spiro atoms. The number of hydrogen-bond acceptors (Lipinski definition) is 3. The maximum Gasteiger partial charge on any atom is 0.260 e. The fourth-order valence-corrected chi connectivity index (χ4v) is 2.23. The molecule has 4 nitrogen and oxygen atoms in total. The van der Waals surface area contributed by atoms with Crippen LogP contribution >= 0.6 is 0 Å². The van der Waals surface area contributed by atoms with E-state index in [1.165, 1.54) is 0 Å². The normalized spacial score (nSPS) is 11.8. The van der Waals surface area contributed by atoms with E-state index in [-0.39, 0.29) is 5.91 Å². The Kier molecular flexibility index (Phi) is 6.82. The molecule has 24 heavy (non-hydrogen) atoms. The molecule has 0 aliphatic heterocycles. The van der Waals surface area contributed by atoms with E-state index >= 15 is 0 Å². The molecule has 0 saturated carbocycles. The van der Waals surface area contributed by atoms with Crippen LogP contribution in [0.15, 0.2) is 48.5 Å². The first kappa shape index (κ1) is 18.0. The molecule has 0 unspecified atom stereocenters. The molecule has 0 aliphatic rings. The number of carbonyl (C=O) groups excluding carboxylic acids is 1. The lowest BCUT2D eigenvalue weighted by molar-refractivity contribution is -0.127. The molecule has 1 atom stereocenters. The first-order valence-electron chi connectivity index (χ1n) is 8.19. The minimum Gasteiger partial charge on any atom is -0.481 e. The van der Waals surface area contributed by atoms with Gasteiger partial charge in [0.1, 0.15) is 5.75 Å². The van der Waals surface area contributed by atoms with Crippen molar-refractivity contribution in [2.24, 2.45) is 0 Å². The first-order chi connectivity index (χ1) is 11.6. The second kappa shape index (κ2) is 9.08. The molecule has 0 aliphatic carbocycles. The van der Waals surface area contributed by atoms with Gasteiger partial charge in [0.15, 0.2) is 6.10 Å². The molecular formula is C20H25NO3. The summed E-state index contributed by atoms with van der Waals surface area (Å²) >= 11 is 0. The highest BCUT2D eigenvalue weighted by atomic mass is 16.5. The fourth-order valence-electron chi connectivity index (χ4n) is 2.23. The monoisotopic (exact) mass is 327 g/mol. The zero-order valence-electron chi connectivity index (χ0n) is 14.5. The Balaban J connectivity index is 1.69. The SMILES string of the molecule is Cc1ccc(C)c(O[C@H](C)C(=O)NCCOCc2ccccc2)c1. The van der Waals surface area contributed by atoms with E-state index in [4.69, 9.17) is 9.47 Å². The molecule has 0 radical (unpaired) electrons. The zero-order valence-corrected chi connectivity index (χ0v) is 14.5. The molecule has 0 bridgehead atoms. The Hall–Kier alpha value is -2.33. The van der Waals surface area contributed by atoms with Crippen LogP contribution in [0.2, 0.25) is 0 Å². The van der Waals surface area contributed by atoms with Gasteiger partial charge in [-0.15, -0.1) is 0 Å². The largest absolute Gasteiger partial charge is 0.481 e. The van der Waals surface area contributed by atoms with E-state index in [2.05, 4.69) is 5.32 Å². The lowest BCUT2D eigenvalue weighted by atomic mass is 10.1. The van der Waals surface area contributed by atoms with Gasteiger partial charge in [0, 0.05) is 6.54 Å². The molecule has 2 aromatic carbocycles. The molecule has 2 rings (SSSR count). The van der Waals surface area contributed by atoms with Crippen molar-refractivity contribution >= 4 is 5.91 Å². The third-order valence-electron chi connectivity index (χ3n) is 3.67. The quantitative estimate of drug-likeness (QED) is 0.756. The van der Waals surface area contributed by atoms with Gasteiger partial charge in [-0.05, 0) is 43.5 Å². The summed E-state index contributed by atoms with van der Waals surface area (Å²) in [4.78, 5) is 12.1. The lowest BCUT2D eigenvalue weighted by Gasteiger charge is -2.16. The van der Waals surface area contributed by atoms with Crippen LogP contribution in [0.5, 0.6) is 5.75 Å². The summed E-state index contributed by atoms with van der Waals surface area (Å²) in [6.07, 6.45) is -0.542. The van der Waals surface area contributed by atoms with Gasteiger partial charge in [-0.3, -0.25) is 4.79 Å². The maximum atomic E-state index is 12.1. The topological polar surface area (TPSA) is 47.6 Å². The summed E-state index contributed by atoms with van der Waals surface area (Å²) in [5.41, 5.74) is 3.25. The number of aryl methyl sites for hydroxylation is 2. The van der Waals surface area contributed by atoms with Crippen LogP contribution in [-0.4, -0.2) is 25.2 Å². The van der Waals surface area contributed by atoms with Crippen LogP contribution in [-0.2, 0) is 16.1 Å². The number of ether oxygens (including phenoxy) is 2. The van der Waals surface area contributed by atoms with Crippen LogP contribution in [0.1, 0.15) is 23.6 Å². The van der Waals surface area contributed by atoms with Gasteiger partial charge in [0.05, 0.1) is 13.2 Å². The van der Waals surface area contributed by atoms with Gasteiger partial charge >= 0.3 is 0 Å². The van der Waals surface area contributed by atoms with E-state index in [1.54, 1.807) is 6.92 Å². The maximum absolute atomic E-state index is 12.1. The molecule has 0 fully saturated rings. The minimum atomic E-state index is -0.542. The Bertz CT molecular complexity index is 655. The van der Waals surface area contributed by atoms with E-state index in [1.807, 2.05) is 62.4 Å². The Morgan fingerprint density at radius 2 is 1.88 bits per heavy atom. The average Bonchev–Trinajstić information content (AvgIpc) is 2.58. The second-order valence-electron chi connectivity index (χ2n) is 5.86. The predicted molar refractivity (Wildman–Crippen MR) is 95.1 cm³/mol. The van der Waals surface area contributed by atoms with Crippen molar-refractivity contribution in [3.05, 3.63) is 65.2 Å². The van der Waals surface area contributed by atoms with Gasteiger partial charge in [0.2, 0.25) is 0 Å². The van der Waals surface area contributed by atoms with Crippen molar-refractivity contribution in [1.29, 1.82) is 0 Å². The summed E-state index contributed by atoms with van der Waals surface area (Å²) < 4.78 is 11.3. The highest BCUT2D eigenvalue weighted by Crippen LogP contribution is 2.20. The van der Waals surface area contributed by atoms with Crippen molar-refractivity contribution in [3.8, 4) is 5.75 Å². The fraction of sp³-hybridized carbons (Fsp3) is 0.350. The van der Waals surface area contributed by atoms with E-state index in [9.17, 15) is 4.79 Å². The molecule has 128 valence electrons. The van der Waals surface area contributed by atoms with E-state index in [0.29, 0.717) is 19.8 Å². The highest BCUT2D eigenvalue weighted by molar-refractivity contribution is 5.80. The Morgan fingerprint density at radius 3 is 2.62 bits per heavy atom. The summed E-state index contributed by atoms with van der Waals surface area (Å²) in [6, 6.07) is 15.9. The number of carbonyl (C=O) groups is 1. The molecule has 0 saturated heterocycles. The average molecular weight is 327 g/mol. The Labute approximate surface area is 143 Å². The van der Waals surface area contributed by atoms with Gasteiger partial charge < -0.3 is 14.8 Å². The van der Waals surface area contributed by atoms with Crippen LogP contribution in [0.25, 0.3) is 0 Å². The number of amides is 1. The Morgan fingerprint density at radius 1 is 1.12 bits per heavy atom. The summed E-state index contributed by atoms with van der Waals surface area (Å²) in [5, 5.41) is 2.83. The van der Waals surface area contributed by atoms with Gasteiger partial charge in [-0.2, -0.15) is 0 Å². The van der Waals surface area contributed by atoms with Crippen molar-refractivity contribution in [3.63, 3.8) is 0 Å². The predicted octanol–water partition coefficient (Wildman–Crippen LogP) is 3.40. The van der Waals surface area contributed by atoms with Crippen molar-refractivity contribution in [2.45, 2.75) is 33.5 Å². The van der Waals surface area contributed by atoms with Crippen molar-refractivity contribution < 1.29 is 14.3 Å². The summed E-state index contributed by atoms with van der Waals surface area (Å²) in [7, 11) is 0. The van der Waals surface area contributed by atoms with E-state index in [0.717, 1.165) is 22.4 Å². The molecule has 2 aromatic rings. The van der Waals surface area contributed by atoms with Crippen molar-refractivity contribution in [2.75, 3.05) is 13.2 Å². The molecule has 1 N–H and O–H groups in total. The highest BCUT2D eigenvalue weighted by Gasteiger charge is 2.15. The lowest BCUT2D eigenvalue weighted by Crippen LogP contribution is -2.38. The smallest absolute Gasteiger partial charge is 0.260 e. The number of nitrogens with one attached hydrogen (secondary N) is 1. The number of hydrogen-bond donors (Lipinski definition) is 1. The molecule has 1 amide bonds. The molecule has 0 aromatic heterocycles. The van der Waals surface area contributed by atoms with Crippen molar-refractivity contribution in [1.82, 2.24) is 5.32 Å². The third kappa shape index (κ3) is 5.70. The number of benzene rings is 2. The second-order valence-corrected chi connectivity index (χ2v) is 5.86. The van der Waals surface area contributed by atoms with Crippen LogP contribution in [0.4, 0.5) is 0 Å². The first-order valence-corrected chi connectivity index (χ1v) is 8.19. The van der Waals surface area contributed by atoms with Gasteiger partial charge in [-0.1, -0.05) is 42.5 Å². The van der Waals surface area contributed by atoms with E-state index < -0.39 is 6.10 Å². The number of rotatable bonds is 8. The summed E-state index contributed by atoms with van der Waals surface area (Å²) in [6.45, 7) is 7.20. The van der Waals surface area contributed by atoms with Gasteiger partial charge in [0.25, 0.3) is 5.91 Å². The zero-order chi connectivity index (χ0) is 17.4. The molecule has 4 heteroatoms. The molecular weight excluding hydrogens is 302 g/mol. The standard InChI is InChI=1S/C20H25NO3/c1-15-9-10-16(2)19(13-15)24-17(3)20(22)21-11-12-23-14-18-7-5-4-6-8-18/h4-10,13,17H,11-12,14H2,1-3H3,(H,21,22)/t17-/m1/s1. The summed E-state index contributed by atoms with van der Waals surface area (Å²) in [5.74, 6) is 0.609.